The number of nitriles is 1. The van der Waals surface area contributed by atoms with Crippen LogP contribution < -0.4 is 0 Å². The third-order valence-corrected chi connectivity index (χ3v) is 3.72. The average molecular weight is 279 g/mol. The van der Waals surface area contributed by atoms with Crippen LogP contribution in [0.4, 0.5) is 0 Å². The Morgan fingerprint density at radius 1 is 1.10 bits per heavy atom. The smallest absolute Gasteiger partial charge is 0.124 e. The van der Waals surface area contributed by atoms with Crippen LogP contribution in [-0.2, 0) is 5.41 Å². The topological polar surface area (TPSA) is 39.9 Å². The van der Waals surface area contributed by atoms with E-state index < -0.39 is 5.41 Å². The monoisotopic (exact) mass is 279 g/mol. The summed E-state index contributed by atoms with van der Waals surface area (Å²) in [6.07, 6.45) is 3.48. The van der Waals surface area contributed by atoms with Gasteiger partial charge in [-0.1, -0.05) is 36.4 Å². The molecule has 3 nitrogen and oxygen atoms in total. The molecule has 1 aromatic heterocycles. The van der Waals surface area contributed by atoms with E-state index in [1.54, 1.807) is 6.20 Å². The Morgan fingerprint density at radius 2 is 1.81 bits per heavy atom. The Hall–Kier alpha value is -2.18. The molecule has 1 aromatic carbocycles. The average Bonchev–Trinajstić information content (AvgIpc) is 2.53. The SMILES string of the molecule is CN(C)CCCC(C#N)(c1ccccc1)c1ccccn1. The summed E-state index contributed by atoms with van der Waals surface area (Å²) in [5.41, 5.74) is 1.18. The molecule has 0 N–H and O–H groups in total. The van der Waals surface area contributed by atoms with E-state index in [0.717, 1.165) is 30.6 Å². The largest absolute Gasteiger partial charge is 0.309 e. The van der Waals surface area contributed by atoms with Gasteiger partial charge in [0.15, 0.2) is 0 Å². The zero-order valence-electron chi connectivity index (χ0n) is 12.7. The van der Waals surface area contributed by atoms with Gasteiger partial charge in [-0.25, -0.2) is 0 Å². The summed E-state index contributed by atoms with van der Waals surface area (Å²) in [7, 11) is 4.11. The predicted molar refractivity (Wildman–Crippen MR) is 84.9 cm³/mol. The van der Waals surface area contributed by atoms with Crippen LogP contribution in [0.2, 0.25) is 0 Å². The Balaban J connectivity index is 2.40. The quantitative estimate of drug-likeness (QED) is 0.815. The fourth-order valence-corrected chi connectivity index (χ4v) is 2.60. The zero-order valence-corrected chi connectivity index (χ0v) is 12.7. The molecule has 0 spiro atoms. The number of rotatable bonds is 6. The van der Waals surface area contributed by atoms with E-state index in [4.69, 9.17) is 0 Å². The molecule has 1 unspecified atom stereocenters. The molecule has 0 aliphatic rings. The van der Waals surface area contributed by atoms with Crippen LogP contribution in [0.1, 0.15) is 24.1 Å². The lowest BCUT2D eigenvalue weighted by Crippen LogP contribution is -2.28. The van der Waals surface area contributed by atoms with E-state index in [0.29, 0.717) is 0 Å². The van der Waals surface area contributed by atoms with Crippen LogP contribution in [0.15, 0.2) is 54.7 Å². The normalized spacial score (nSPS) is 13.6. The van der Waals surface area contributed by atoms with Gasteiger partial charge >= 0.3 is 0 Å². The number of hydrogen-bond donors (Lipinski definition) is 0. The van der Waals surface area contributed by atoms with E-state index in [1.807, 2.05) is 48.5 Å². The maximum atomic E-state index is 9.95. The van der Waals surface area contributed by atoms with Crippen LogP contribution in [-0.4, -0.2) is 30.5 Å². The number of aromatic nitrogens is 1. The standard InChI is InChI=1S/C18H21N3/c1-21(2)14-8-12-18(15-19,16-9-4-3-5-10-16)17-11-6-7-13-20-17/h3-7,9-11,13H,8,12,14H2,1-2H3. The second-order valence-electron chi connectivity index (χ2n) is 5.50. The van der Waals surface area contributed by atoms with Gasteiger partial charge in [0.1, 0.15) is 5.41 Å². The second-order valence-corrected chi connectivity index (χ2v) is 5.50. The highest BCUT2D eigenvalue weighted by atomic mass is 15.0. The summed E-state index contributed by atoms with van der Waals surface area (Å²) in [6.45, 7) is 0.961. The van der Waals surface area contributed by atoms with Crippen molar-refractivity contribution < 1.29 is 0 Å². The van der Waals surface area contributed by atoms with E-state index in [2.05, 4.69) is 30.0 Å². The first-order valence-corrected chi connectivity index (χ1v) is 7.22. The maximum Gasteiger partial charge on any atom is 0.124 e. The molecular weight excluding hydrogens is 258 g/mol. The lowest BCUT2D eigenvalue weighted by Gasteiger charge is -2.27. The van der Waals surface area contributed by atoms with Gasteiger partial charge in [0.25, 0.3) is 0 Å². The zero-order chi connectivity index (χ0) is 15.1. The van der Waals surface area contributed by atoms with Crippen LogP contribution >= 0.6 is 0 Å². The lowest BCUT2D eigenvalue weighted by atomic mass is 9.75. The van der Waals surface area contributed by atoms with Crippen molar-refractivity contribution in [1.29, 1.82) is 5.26 Å². The van der Waals surface area contributed by atoms with Crippen LogP contribution in [0, 0.1) is 11.3 Å². The van der Waals surface area contributed by atoms with Crippen molar-refractivity contribution in [3.63, 3.8) is 0 Å². The van der Waals surface area contributed by atoms with Gasteiger partial charge in [-0.15, -0.1) is 0 Å². The molecule has 0 bridgehead atoms. The first-order chi connectivity index (χ1) is 10.2. The lowest BCUT2D eigenvalue weighted by molar-refractivity contribution is 0.378. The van der Waals surface area contributed by atoms with Gasteiger partial charge in [-0.2, -0.15) is 5.26 Å². The van der Waals surface area contributed by atoms with Gasteiger partial charge in [0.2, 0.25) is 0 Å². The molecular formula is C18H21N3. The highest BCUT2D eigenvalue weighted by Gasteiger charge is 2.35. The Bertz CT molecular complexity index is 545. The van der Waals surface area contributed by atoms with Gasteiger partial charge in [0.05, 0.1) is 11.8 Å². The molecule has 21 heavy (non-hydrogen) atoms. The summed E-state index contributed by atoms with van der Waals surface area (Å²) < 4.78 is 0. The van der Waals surface area contributed by atoms with Crippen LogP contribution in [0.5, 0.6) is 0 Å². The van der Waals surface area contributed by atoms with Crippen molar-refractivity contribution in [1.82, 2.24) is 9.88 Å². The fourth-order valence-electron chi connectivity index (χ4n) is 2.60. The molecule has 3 heteroatoms. The van der Waals surface area contributed by atoms with E-state index >= 15 is 0 Å². The van der Waals surface area contributed by atoms with Crippen LogP contribution in [0.25, 0.3) is 0 Å². The second kappa shape index (κ2) is 7.01. The molecule has 2 aromatic rings. The molecule has 0 amide bonds. The molecule has 0 radical (unpaired) electrons. The summed E-state index contributed by atoms with van der Waals surface area (Å²) >= 11 is 0. The van der Waals surface area contributed by atoms with Crippen molar-refractivity contribution in [2.45, 2.75) is 18.3 Å². The van der Waals surface area contributed by atoms with E-state index in [-0.39, 0.29) is 0 Å². The van der Waals surface area contributed by atoms with Gasteiger partial charge in [-0.05, 0) is 51.2 Å². The Kier molecular flexibility index (Phi) is 5.08. The molecule has 1 heterocycles. The van der Waals surface area contributed by atoms with Crippen LogP contribution in [0.3, 0.4) is 0 Å². The minimum Gasteiger partial charge on any atom is -0.309 e. The number of benzene rings is 1. The first-order valence-electron chi connectivity index (χ1n) is 7.22. The van der Waals surface area contributed by atoms with Gasteiger partial charge in [0, 0.05) is 6.20 Å². The Morgan fingerprint density at radius 3 is 2.38 bits per heavy atom. The highest BCUT2D eigenvalue weighted by molar-refractivity contribution is 5.42. The molecule has 1 atom stereocenters. The molecule has 0 saturated heterocycles. The highest BCUT2D eigenvalue weighted by Crippen LogP contribution is 2.35. The molecule has 0 fully saturated rings. The van der Waals surface area contributed by atoms with E-state index in [9.17, 15) is 5.26 Å². The van der Waals surface area contributed by atoms with Crippen molar-refractivity contribution >= 4 is 0 Å². The first kappa shape index (κ1) is 15.2. The molecule has 0 aliphatic heterocycles. The molecule has 108 valence electrons. The van der Waals surface area contributed by atoms with E-state index in [1.165, 1.54) is 0 Å². The summed E-state index contributed by atoms with van der Waals surface area (Å²) in [5, 5.41) is 9.95. The van der Waals surface area contributed by atoms with Crippen molar-refractivity contribution in [2.75, 3.05) is 20.6 Å². The Labute approximate surface area is 126 Å². The fraction of sp³-hybridized carbons (Fsp3) is 0.333. The van der Waals surface area contributed by atoms with Crippen molar-refractivity contribution in [2.24, 2.45) is 0 Å². The summed E-state index contributed by atoms with van der Waals surface area (Å²) in [6, 6.07) is 18.3. The summed E-state index contributed by atoms with van der Waals surface area (Å²) in [5.74, 6) is 0. The van der Waals surface area contributed by atoms with Gasteiger partial charge < -0.3 is 4.90 Å². The third-order valence-electron chi connectivity index (χ3n) is 3.72. The maximum absolute atomic E-state index is 9.95. The predicted octanol–water partition coefficient (Wildman–Crippen LogP) is 3.23. The number of pyridine rings is 1. The molecule has 0 aliphatic carbocycles. The molecule has 0 saturated carbocycles. The number of hydrogen-bond acceptors (Lipinski definition) is 3. The summed E-state index contributed by atoms with van der Waals surface area (Å²) in [4.78, 5) is 6.60. The number of nitrogens with zero attached hydrogens (tertiary/aromatic N) is 3. The van der Waals surface area contributed by atoms with Crippen molar-refractivity contribution in [3.05, 3.63) is 66.0 Å². The minimum atomic E-state index is -0.668. The van der Waals surface area contributed by atoms with Crippen molar-refractivity contribution in [3.8, 4) is 6.07 Å². The minimum absolute atomic E-state index is 0.668. The van der Waals surface area contributed by atoms with Gasteiger partial charge in [-0.3, -0.25) is 4.98 Å². The molecule has 2 rings (SSSR count). The third kappa shape index (κ3) is 3.48.